The molecule has 1 N–H and O–H groups in total. The van der Waals surface area contributed by atoms with Gasteiger partial charge in [0.1, 0.15) is 0 Å². The normalized spacial score (nSPS) is 21.3. The van der Waals surface area contributed by atoms with Gasteiger partial charge >= 0.3 is 0 Å². The van der Waals surface area contributed by atoms with E-state index < -0.39 is 0 Å². The minimum absolute atomic E-state index is 0.957. The molecule has 1 aromatic carbocycles. The number of benzene rings is 1. The van der Waals surface area contributed by atoms with Crippen LogP contribution in [0.3, 0.4) is 0 Å². The molecule has 2 saturated heterocycles. The molecular formula is C19H31N3. The van der Waals surface area contributed by atoms with Crippen molar-refractivity contribution in [1.29, 1.82) is 0 Å². The summed E-state index contributed by atoms with van der Waals surface area (Å²) in [5, 5.41) is 3.47. The highest BCUT2D eigenvalue weighted by Gasteiger charge is 2.20. The molecule has 0 spiro atoms. The Morgan fingerprint density at radius 2 is 1.77 bits per heavy atom. The maximum Gasteiger partial charge on any atom is 0.0399 e. The number of nitrogens with one attached hydrogen (secondary N) is 1. The third-order valence-electron chi connectivity index (χ3n) is 5.60. The standard InChI is InChI=1S/C19H31N3/c1-16-4-3-5-19(17(16)2)22-14-12-21(13-15-22)11-8-18-6-9-20-10-7-18/h3-5,18,20H,6-15H2,1-2H3. The number of piperazine rings is 1. The molecule has 3 nitrogen and oxygen atoms in total. The minimum Gasteiger partial charge on any atom is -0.369 e. The van der Waals surface area contributed by atoms with Crippen LogP contribution in [-0.4, -0.2) is 50.7 Å². The van der Waals surface area contributed by atoms with E-state index in [2.05, 4.69) is 47.2 Å². The van der Waals surface area contributed by atoms with Gasteiger partial charge in [-0.2, -0.15) is 0 Å². The Balaban J connectivity index is 1.47. The quantitative estimate of drug-likeness (QED) is 0.922. The van der Waals surface area contributed by atoms with Crippen molar-refractivity contribution in [2.75, 3.05) is 50.7 Å². The maximum atomic E-state index is 3.47. The first kappa shape index (κ1) is 15.8. The van der Waals surface area contributed by atoms with Crippen LogP contribution in [-0.2, 0) is 0 Å². The Morgan fingerprint density at radius 3 is 2.50 bits per heavy atom. The van der Waals surface area contributed by atoms with Crippen LogP contribution in [0.25, 0.3) is 0 Å². The van der Waals surface area contributed by atoms with Gasteiger partial charge in [0.2, 0.25) is 0 Å². The van der Waals surface area contributed by atoms with Crippen LogP contribution in [0.2, 0.25) is 0 Å². The Hall–Kier alpha value is -1.06. The predicted molar refractivity (Wildman–Crippen MR) is 94.8 cm³/mol. The third kappa shape index (κ3) is 3.82. The van der Waals surface area contributed by atoms with Crippen LogP contribution in [0.4, 0.5) is 5.69 Å². The second kappa shape index (κ2) is 7.47. The molecule has 22 heavy (non-hydrogen) atoms. The second-order valence-electron chi connectivity index (χ2n) is 7.03. The maximum absolute atomic E-state index is 3.47. The molecule has 2 aliphatic heterocycles. The zero-order chi connectivity index (χ0) is 15.4. The van der Waals surface area contributed by atoms with Crippen molar-refractivity contribution in [3.05, 3.63) is 29.3 Å². The average Bonchev–Trinajstić information content (AvgIpc) is 2.57. The van der Waals surface area contributed by atoms with Crippen LogP contribution in [0.1, 0.15) is 30.4 Å². The summed E-state index contributed by atoms with van der Waals surface area (Å²) in [5.41, 5.74) is 4.30. The van der Waals surface area contributed by atoms with E-state index in [1.807, 2.05) is 0 Å². The fourth-order valence-corrected chi connectivity index (χ4v) is 3.83. The van der Waals surface area contributed by atoms with Gasteiger partial charge in [0, 0.05) is 31.9 Å². The summed E-state index contributed by atoms with van der Waals surface area (Å²) < 4.78 is 0. The van der Waals surface area contributed by atoms with Crippen molar-refractivity contribution in [1.82, 2.24) is 10.2 Å². The highest BCUT2D eigenvalue weighted by molar-refractivity contribution is 5.56. The average molecular weight is 301 g/mol. The number of piperidine rings is 1. The van der Waals surface area contributed by atoms with Gasteiger partial charge in [0.15, 0.2) is 0 Å². The lowest BCUT2D eigenvalue weighted by Crippen LogP contribution is -2.47. The smallest absolute Gasteiger partial charge is 0.0399 e. The van der Waals surface area contributed by atoms with Crippen molar-refractivity contribution >= 4 is 5.69 Å². The molecule has 2 fully saturated rings. The number of aryl methyl sites for hydroxylation is 1. The van der Waals surface area contributed by atoms with E-state index in [-0.39, 0.29) is 0 Å². The van der Waals surface area contributed by atoms with Crippen LogP contribution < -0.4 is 10.2 Å². The molecule has 2 aliphatic rings. The molecule has 122 valence electrons. The van der Waals surface area contributed by atoms with Gasteiger partial charge in [-0.1, -0.05) is 12.1 Å². The van der Waals surface area contributed by atoms with Crippen molar-refractivity contribution in [3.8, 4) is 0 Å². The van der Waals surface area contributed by atoms with E-state index in [9.17, 15) is 0 Å². The molecular weight excluding hydrogens is 270 g/mol. The second-order valence-corrected chi connectivity index (χ2v) is 7.03. The summed E-state index contributed by atoms with van der Waals surface area (Å²) in [6.45, 7) is 13.0. The van der Waals surface area contributed by atoms with Crippen LogP contribution >= 0.6 is 0 Å². The van der Waals surface area contributed by atoms with Crippen molar-refractivity contribution in [2.45, 2.75) is 33.1 Å². The van der Waals surface area contributed by atoms with E-state index in [1.54, 1.807) is 0 Å². The van der Waals surface area contributed by atoms with E-state index in [4.69, 9.17) is 0 Å². The molecule has 2 heterocycles. The number of hydrogen-bond acceptors (Lipinski definition) is 3. The first-order valence-electron chi connectivity index (χ1n) is 8.98. The van der Waals surface area contributed by atoms with Crippen LogP contribution in [0, 0.1) is 19.8 Å². The van der Waals surface area contributed by atoms with Gasteiger partial charge in [-0.15, -0.1) is 0 Å². The van der Waals surface area contributed by atoms with E-state index in [0.29, 0.717) is 0 Å². The van der Waals surface area contributed by atoms with Gasteiger partial charge in [-0.25, -0.2) is 0 Å². The number of nitrogens with zero attached hydrogens (tertiary/aromatic N) is 2. The van der Waals surface area contributed by atoms with Crippen molar-refractivity contribution in [2.24, 2.45) is 5.92 Å². The zero-order valence-corrected chi connectivity index (χ0v) is 14.3. The molecule has 1 aromatic rings. The summed E-state index contributed by atoms with van der Waals surface area (Å²) in [6.07, 6.45) is 4.15. The molecule has 0 aromatic heterocycles. The molecule has 0 unspecified atom stereocenters. The van der Waals surface area contributed by atoms with Gasteiger partial charge in [-0.05, 0) is 75.9 Å². The fourth-order valence-electron chi connectivity index (χ4n) is 3.83. The first-order chi connectivity index (χ1) is 10.7. The van der Waals surface area contributed by atoms with Gasteiger partial charge in [-0.3, -0.25) is 4.90 Å². The minimum atomic E-state index is 0.957. The topological polar surface area (TPSA) is 18.5 Å². The Morgan fingerprint density at radius 1 is 1.05 bits per heavy atom. The Kier molecular flexibility index (Phi) is 5.37. The highest BCUT2D eigenvalue weighted by Crippen LogP contribution is 2.24. The van der Waals surface area contributed by atoms with Crippen LogP contribution in [0.15, 0.2) is 18.2 Å². The Labute approximate surface area is 135 Å². The molecule has 3 heteroatoms. The first-order valence-corrected chi connectivity index (χ1v) is 8.98. The predicted octanol–water partition coefficient (Wildman–Crippen LogP) is 2.82. The summed E-state index contributed by atoms with van der Waals surface area (Å²) in [6, 6.07) is 6.70. The molecule has 3 rings (SSSR count). The zero-order valence-electron chi connectivity index (χ0n) is 14.3. The van der Waals surface area contributed by atoms with E-state index in [0.717, 1.165) is 5.92 Å². The van der Waals surface area contributed by atoms with E-state index in [1.165, 1.54) is 81.9 Å². The molecule has 0 amide bonds. The summed E-state index contributed by atoms with van der Waals surface area (Å²) >= 11 is 0. The molecule has 0 radical (unpaired) electrons. The van der Waals surface area contributed by atoms with Gasteiger partial charge < -0.3 is 10.2 Å². The lowest BCUT2D eigenvalue weighted by atomic mass is 9.94. The van der Waals surface area contributed by atoms with Crippen LogP contribution in [0.5, 0.6) is 0 Å². The summed E-state index contributed by atoms with van der Waals surface area (Å²) in [5.74, 6) is 0.957. The monoisotopic (exact) mass is 301 g/mol. The van der Waals surface area contributed by atoms with Gasteiger partial charge in [0.05, 0.1) is 0 Å². The number of anilines is 1. The molecule has 0 bridgehead atoms. The lowest BCUT2D eigenvalue weighted by Gasteiger charge is -2.37. The van der Waals surface area contributed by atoms with E-state index >= 15 is 0 Å². The lowest BCUT2D eigenvalue weighted by molar-refractivity contribution is 0.224. The summed E-state index contributed by atoms with van der Waals surface area (Å²) in [7, 11) is 0. The summed E-state index contributed by atoms with van der Waals surface area (Å²) in [4.78, 5) is 5.24. The third-order valence-corrected chi connectivity index (χ3v) is 5.60. The van der Waals surface area contributed by atoms with Crippen molar-refractivity contribution in [3.63, 3.8) is 0 Å². The Bertz CT molecular complexity index is 472. The largest absolute Gasteiger partial charge is 0.369 e. The molecule has 0 aliphatic carbocycles. The SMILES string of the molecule is Cc1cccc(N2CCN(CCC3CCNCC3)CC2)c1C. The molecule has 0 atom stereocenters. The highest BCUT2D eigenvalue weighted by atomic mass is 15.3. The van der Waals surface area contributed by atoms with Crippen molar-refractivity contribution < 1.29 is 0 Å². The molecule has 0 saturated carbocycles. The van der Waals surface area contributed by atoms with Gasteiger partial charge in [0.25, 0.3) is 0 Å². The number of hydrogen-bond donors (Lipinski definition) is 1. The fraction of sp³-hybridized carbons (Fsp3) is 0.684. The number of rotatable bonds is 4.